The fourth-order valence-corrected chi connectivity index (χ4v) is 3.42. The van der Waals surface area contributed by atoms with Crippen molar-refractivity contribution in [1.29, 1.82) is 0 Å². The van der Waals surface area contributed by atoms with Crippen LogP contribution in [-0.2, 0) is 14.3 Å². The summed E-state index contributed by atoms with van der Waals surface area (Å²) in [7, 11) is 1.75. The Morgan fingerprint density at radius 1 is 1.36 bits per heavy atom. The zero-order valence-electron chi connectivity index (χ0n) is 16.4. The number of nitrogens with one attached hydrogen (secondary N) is 2. The first-order chi connectivity index (χ1) is 13.3. The summed E-state index contributed by atoms with van der Waals surface area (Å²) < 4.78 is 11.2. The fraction of sp³-hybridized carbons (Fsp3) is 0.600. The molecule has 1 aromatic carbocycles. The summed E-state index contributed by atoms with van der Waals surface area (Å²) in [6.45, 7) is 3.67. The third-order valence-corrected chi connectivity index (χ3v) is 4.84. The Hall–Kier alpha value is -1.39. The number of aliphatic imine (C=N–C) groups is 1. The Morgan fingerprint density at radius 2 is 2.18 bits per heavy atom. The number of nitrogens with zero attached hydrogens (tertiary/aromatic N) is 2. The molecule has 2 N–H and O–H groups in total. The molecule has 0 saturated carbocycles. The van der Waals surface area contributed by atoms with Gasteiger partial charge >= 0.3 is 0 Å². The number of anilines is 1. The van der Waals surface area contributed by atoms with E-state index >= 15 is 0 Å². The summed E-state index contributed by atoms with van der Waals surface area (Å²) in [5, 5.41) is 6.64. The van der Waals surface area contributed by atoms with Gasteiger partial charge in [0.2, 0.25) is 5.91 Å². The molecule has 8 heteroatoms. The van der Waals surface area contributed by atoms with Gasteiger partial charge in [0.05, 0.1) is 18.8 Å². The predicted molar refractivity (Wildman–Crippen MR) is 122 cm³/mol. The average molecular weight is 502 g/mol. The first-order valence-corrected chi connectivity index (χ1v) is 9.78. The van der Waals surface area contributed by atoms with Gasteiger partial charge in [0.15, 0.2) is 5.96 Å². The predicted octanol–water partition coefficient (Wildman–Crippen LogP) is 2.16. The van der Waals surface area contributed by atoms with Crippen molar-refractivity contribution in [3.63, 3.8) is 0 Å². The van der Waals surface area contributed by atoms with Gasteiger partial charge in [-0.25, -0.2) is 0 Å². The molecule has 2 aliphatic rings. The van der Waals surface area contributed by atoms with E-state index < -0.39 is 0 Å². The van der Waals surface area contributed by atoms with Crippen LogP contribution in [0.3, 0.4) is 0 Å². The number of halogens is 1. The van der Waals surface area contributed by atoms with Crippen molar-refractivity contribution in [2.75, 3.05) is 44.9 Å². The molecule has 0 bridgehead atoms. The van der Waals surface area contributed by atoms with Crippen LogP contribution in [0.2, 0.25) is 0 Å². The molecule has 2 saturated heterocycles. The second-order valence-corrected chi connectivity index (χ2v) is 6.95. The number of carbonyl (C=O) groups is 1. The molecular weight excluding hydrogens is 471 g/mol. The van der Waals surface area contributed by atoms with Crippen LogP contribution >= 0.6 is 24.0 Å². The van der Waals surface area contributed by atoms with Gasteiger partial charge in [0, 0.05) is 45.5 Å². The lowest BCUT2D eigenvalue weighted by molar-refractivity contribution is -0.117. The summed E-state index contributed by atoms with van der Waals surface area (Å²) in [5.41, 5.74) is 0.943. The minimum Gasteiger partial charge on any atom is -0.379 e. The van der Waals surface area contributed by atoms with Crippen molar-refractivity contribution in [3.8, 4) is 0 Å². The van der Waals surface area contributed by atoms with Gasteiger partial charge in [-0.2, -0.15) is 0 Å². The first-order valence-electron chi connectivity index (χ1n) is 9.78. The van der Waals surface area contributed by atoms with E-state index in [4.69, 9.17) is 9.47 Å². The highest BCUT2D eigenvalue weighted by molar-refractivity contribution is 14.0. The Morgan fingerprint density at radius 3 is 2.89 bits per heavy atom. The van der Waals surface area contributed by atoms with Crippen LogP contribution < -0.4 is 15.5 Å². The maximum atomic E-state index is 12.3. The number of hydrogen-bond donors (Lipinski definition) is 2. The quantitative estimate of drug-likeness (QED) is 0.247. The molecule has 156 valence electrons. The monoisotopic (exact) mass is 502 g/mol. The summed E-state index contributed by atoms with van der Waals surface area (Å²) in [6, 6.07) is 9.83. The van der Waals surface area contributed by atoms with Crippen molar-refractivity contribution in [1.82, 2.24) is 10.6 Å². The van der Waals surface area contributed by atoms with Gasteiger partial charge in [-0.15, -0.1) is 24.0 Å². The molecule has 7 nitrogen and oxygen atoms in total. The molecule has 2 unspecified atom stereocenters. The molecule has 1 amide bonds. The van der Waals surface area contributed by atoms with Gasteiger partial charge in [0.1, 0.15) is 0 Å². The van der Waals surface area contributed by atoms with Crippen molar-refractivity contribution in [2.24, 2.45) is 4.99 Å². The Bertz CT molecular complexity index is 623. The molecule has 2 atom stereocenters. The minimum absolute atomic E-state index is 0. The standard InChI is InChI=1S/C20H30N4O3.HI/c1-21-20(22-10-6-11-26-15-18-9-5-12-27-18)23-16-13-19(25)24(14-16)17-7-3-2-4-8-17;/h2-4,7-8,16,18H,5-6,9-15H2,1H3,(H2,21,22,23);1H. The van der Waals surface area contributed by atoms with Gasteiger partial charge < -0.3 is 25.0 Å². The summed E-state index contributed by atoms with van der Waals surface area (Å²) >= 11 is 0. The molecule has 0 aliphatic carbocycles. The highest BCUT2D eigenvalue weighted by atomic mass is 127. The largest absolute Gasteiger partial charge is 0.379 e. The van der Waals surface area contributed by atoms with Crippen LogP contribution in [0.25, 0.3) is 0 Å². The number of amides is 1. The highest BCUT2D eigenvalue weighted by Crippen LogP contribution is 2.20. The van der Waals surface area contributed by atoms with Crippen LogP contribution in [0.15, 0.2) is 35.3 Å². The second-order valence-electron chi connectivity index (χ2n) is 6.95. The van der Waals surface area contributed by atoms with E-state index in [1.54, 1.807) is 7.05 Å². The lowest BCUT2D eigenvalue weighted by Crippen LogP contribution is -2.45. The fourth-order valence-electron chi connectivity index (χ4n) is 3.42. The number of guanidine groups is 1. The molecule has 3 rings (SSSR count). The van der Waals surface area contributed by atoms with Crippen LogP contribution in [0.1, 0.15) is 25.7 Å². The van der Waals surface area contributed by atoms with E-state index in [9.17, 15) is 4.79 Å². The number of rotatable bonds is 8. The number of benzene rings is 1. The van der Waals surface area contributed by atoms with E-state index in [0.29, 0.717) is 26.2 Å². The van der Waals surface area contributed by atoms with Crippen molar-refractivity contribution < 1.29 is 14.3 Å². The smallest absolute Gasteiger partial charge is 0.229 e. The molecule has 2 aliphatic heterocycles. The molecule has 1 aromatic rings. The molecular formula is C20H31IN4O3. The maximum absolute atomic E-state index is 12.3. The van der Waals surface area contributed by atoms with Crippen LogP contribution in [-0.4, -0.2) is 64.0 Å². The summed E-state index contributed by atoms with van der Waals surface area (Å²) in [6.07, 6.45) is 3.89. The van der Waals surface area contributed by atoms with Crippen molar-refractivity contribution in [2.45, 2.75) is 37.8 Å². The highest BCUT2D eigenvalue weighted by Gasteiger charge is 2.30. The van der Waals surface area contributed by atoms with E-state index in [1.807, 2.05) is 35.2 Å². The van der Waals surface area contributed by atoms with Crippen molar-refractivity contribution >= 4 is 41.5 Å². The average Bonchev–Trinajstić information content (AvgIpc) is 3.33. The normalized spacial score (nSPS) is 22.2. The van der Waals surface area contributed by atoms with E-state index in [-0.39, 0.29) is 42.0 Å². The lowest BCUT2D eigenvalue weighted by Gasteiger charge is -2.19. The Kier molecular flexibility index (Phi) is 10.0. The molecule has 2 heterocycles. The number of hydrogen-bond acceptors (Lipinski definition) is 4. The molecule has 0 spiro atoms. The second kappa shape index (κ2) is 12.2. The van der Waals surface area contributed by atoms with Gasteiger partial charge in [-0.05, 0) is 31.4 Å². The van der Waals surface area contributed by atoms with Gasteiger partial charge in [-0.1, -0.05) is 18.2 Å². The lowest BCUT2D eigenvalue weighted by atomic mass is 10.2. The third-order valence-electron chi connectivity index (χ3n) is 4.84. The SMILES string of the molecule is CN=C(NCCCOCC1CCCO1)NC1CC(=O)N(c2ccccc2)C1.I. The number of carbonyl (C=O) groups excluding carboxylic acids is 1. The maximum Gasteiger partial charge on any atom is 0.229 e. The van der Waals surface area contributed by atoms with E-state index in [0.717, 1.165) is 44.1 Å². The summed E-state index contributed by atoms with van der Waals surface area (Å²) in [4.78, 5) is 18.4. The van der Waals surface area contributed by atoms with Gasteiger partial charge in [-0.3, -0.25) is 9.79 Å². The van der Waals surface area contributed by atoms with Crippen LogP contribution in [0.5, 0.6) is 0 Å². The van der Waals surface area contributed by atoms with Crippen molar-refractivity contribution in [3.05, 3.63) is 30.3 Å². The molecule has 28 heavy (non-hydrogen) atoms. The van der Waals surface area contributed by atoms with Crippen LogP contribution in [0, 0.1) is 0 Å². The third kappa shape index (κ3) is 6.89. The molecule has 0 radical (unpaired) electrons. The number of para-hydroxylation sites is 1. The summed E-state index contributed by atoms with van der Waals surface area (Å²) in [5.74, 6) is 0.860. The Balaban J connectivity index is 0.00000280. The minimum atomic E-state index is 0. The molecule has 2 fully saturated rings. The van der Waals surface area contributed by atoms with Crippen LogP contribution in [0.4, 0.5) is 5.69 Å². The van der Waals surface area contributed by atoms with Gasteiger partial charge in [0.25, 0.3) is 0 Å². The van der Waals surface area contributed by atoms with E-state index in [1.165, 1.54) is 0 Å². The Labute approximate surface area is 184 Å². The van der Waals surface area contributed by atoms with E-state index in [2.05, 4.69) is 15.6 Å². The molecule has 0 aromatic heterocycles. The zero-order chi connectivity index (χ0) is 18.9. The zero-order valence-corrected chi connectivity index (χ0v) is 18.8. The number of ether oxygens (including phenoxy) is 2. The topological polar surface area (TPSA) is 75.2 Å². The first kappa shape index (κ1) is 22.9.